The molecule has 0 fully saturated rings. The molecule has 258 valence electrons. The molecule has 2 amide bonds. The molecule has 0 atom stereocenters. The number of ether oxygens (including phenoxy) is 4. The number of aliphatic carboxylic acids is 2. The summed E-state index contributed by atoms with van der Waals surface area (Å²) in [5.41, 5.74) is 0. The van der Waals surface area contributed by atoms with Gasteiger partial charge in [-0.15, -0.1) is 0 Å². The third kappa shape index (κ3) is 29.8. The molecular weight excluding hydrogens is 572 g/mol. The van der Waals surface area contributed by atoms with Crippen molar-refractivity contribution in [2.75, 3.05) is 65.9 Å². The van der Waals surface area contributed by atoms with Crippen LogP contribution in [0.1, 0.15) is 110 Å². The van der Waals surface area contributed by atoms with Crippen molar-refractivity contribution in [1.29, 1.82) is 0 Å². The van der Waals surface area contributed by atoms with Crippen molar-refractivity contribution < 1.29 is 48.3 Å². The first-order valence-corrected chi connectivity index (χ1v) is 16.7. The third-order valence-electron chi connectivity index (χ3n) is 7.00. The van der Waals surface area contributed by atoms with E-state index in [0.717, 1.165) is 12.8 Å². The lowest BCUT2D eigenvalue weighted by Crippen LogP contribution is -2.31. The summed E-state index contributed by atoms with van der Waals surface area (Å²) >= 11 is 0. The van der Waals surface area contributed by atoms with Crippen LogP contribution in [0.15, 0.2) is 0 Å². The maximum atomic E-state index is 11.9. The number of amides is 2. The highest BCUT2D eigenvalue weighted by Gasteiger charge is 2.25. The average molecular weight is 633 g/mol. The fourth-order valence-corrected chi connectivity index (χ4v) is 4.38. The Morgan fingerprint density at radius 3 is 1.41 bits per heavy atom. The molecule has 0 aliphatic heterocycles. The van der Waals surface area contributed by atoms with Crippen LogP contribution < -0.4 is 10.6 Å². The van der Waals surface area contributed by atoms with E-state index in [-0.39, 0.29) is 51.4 Å². The first kappa shape index (κ1) is 41.7. The summed E-state index contributed by atoms with van der Waals surface area (Å²) < 4.78 is 20.9. The quantitative estimate of drug-likeness (QED) is 0.0591. The van der Waals surface area contributed by atoms with Gasteiger partial charge in [0, 0.05) is 19.5 Å². The van der Waals surface area contributed by atoms with Gasteiger partial charge in [-0.05, 0) is 6.42 Å². The predicted octanol–water partition coefficient (Wildman–Crippen LogP) is 4.33. The highest BCUT2D eigenvalue weighted by atomic mass is 16.5. The van der Waals surface area contributed by atoms with Crippen LogP contribution in [0.25, 0.3) is 0 Å². The molecule has 0 unspecified atom stereocenters. The largest absolute Gasteiger partial charge is 0.481 e. The van der Waals surface area contributed by atoms with E-state index in [2.05, 4.69) is 17.6 Å². The Kier molecular flexibility index (Phi) is 30.5. The third-order valence-corrected chi connectivity index (χ3v) is 7.00. The standard InChI is InChI=1S/C32H60N2O10/c1-2-3-4-5-6-7-8-9-10-11-12-13-14-15-16-17-29(35)33-18-20-41-23-25-44-27-30(36)34-19-21-42-22-24-43-26-28(31(37)38)32(39)40/h28H,2-27H2,1H3,(H,33,35)(H,34,36)(H,37,38)(H,39,40). The van der Waals surface area contributed by atoms with Crippen LogP contribution in [-0.4, -0.2) is 99.9 Å². The van der Waals surface area contributed by atoms with Crippen molar-refractivity contribution >= 4 is 23.8 Å². The average Bonchev–Trinajstić information content (AvgIpc) is 2.99. The molecule has 0 bridgehead atoms. The van der Waals surface area contributed by atoms with Gasteiger partial charge in [-0.3, -0.25) is 19.2 Å². The molecule has 0 aromatic rings. The Labute approximate surface area is 264 Å². The second kappa shape index (κ2) is 32.1. The molecule has 0 aliphatic rings. The van der Waals surface area contributed by atoms with Crippen molar-refractivity contribution in [3.8, 4) is 0 Å². The molecule has 0 heterocycles. The van der Waals surface area contributed by atoms with E-state index < -0.39 is 24.5 Å². The number of rotatable bonds is 34. The van der Waals surface area contributed by atoms with Crippen molar-refractivity contribution in [2.24, 2.45) is 5.92 Å². The molecule has 12 nitrogen and oxygen atoms in total. The minimum Gasteiger partial charge on any atom is -0.481 e. The number of nitrogens with one attached hydrogen (secondary N) is 2. The highest BCUT2D eigenvalue weighted by molar-refractivity contribution is 5.93. The van der Waals surface area contributed by atoms with E-state index in [0.29, 0.717) is 26.2 Å². The van der Waals surface area contributed by atoms with Gasteiger partial charge in [0.2, 0.25) is 11.8 Å². The van der Waals surface area contributed by atoms with Crippen LogP contribution in [0.2, 0.25) is 0 Å². The molecule has 44 heavy (non-hydrogen) atoms. The molecule has 0 saturated carbocycles. The van der Waals surface area contributed by atoms with Gasteiger partial charge < -0.3 is 39.8 Å². The van der Waals surface area contributed by atoms with E-state index in [1.54, 1.807) is 0 Å². The van der Waals surface area contributed by atoms with Crippen molar-refractivity contribution in [3.63, 3.8) is 0 Å². The summed E-state index contributed by atoms with van der Waals surface area (Å²) in [5, 5.41) is 22.9. The second-order valence-electron chi connectivity index (χ2n) is 11.0. The van der Waals surface area contributed by atoms with Gasteiger partial charge in [0.05, 0.1) is 46.2 Å². The van der Waals surface area contributed by atoms with E-state index in [4.69, 9.17) is 29.2 Å². The zero-order chi connectivity index (χ0) is 32.5. The molecule has 0 rings (SSSR count). The molecule has 0 saturated heterocycles. The predicted molar refractivity (Wildman–Crippen MR) is 168 cm³/mol. The molecule has 0 radical (unpaired) electrons. The van der Waals surface area contributed by atoms with Gasteiger partial charge in [-0.2, -0.15) is 0 Å². The van der Waals surface area contributed by atoms with Gasteiger partial charge >= 0.3 is 11.9 Å². The van der Waals surface area contributed by atoms with Gasteiger partial charge in [0.1, 0.15) is 6.61 Å². The van der Waals surface area contributed by atoms with E-state index in [1.807, 2.05) is 0 Å². The second-order valence-corrected chi connectivity index (χ2v) is 11.0. The summed E-state index contributed by atoms with van der Waals surface area (Å²) in [7, 11) is 0. The lowest BCUT2D eigenvalue weighted by atomic mass is 10.0. The molecule has 0 aliphatic carbocycles. The van der Waals surface area contributed by atoms with Crippen LogP contribution in [-0.2, 0) is 38.1 Å². The number of hydrogen-bond acceptors (Lipinski definition) is 8. The minimum atomic E-state index is -1.61. The SMILES string of the molecule is CCCCCCCCCCCCCCCCCC(=O)NCCOCCOCC(=O)NCCOCCOCC(C(=O)O)C(=O)O. The van der Waals surface area contributed by atoms with Crippen molar-refractivity contribution in [3.05, 3.63) is 0 Å². The van der Waals surface area contributed by atoms with Crippen LogP contribution in [0.4, 0.5) is 0 Å². The summed E-state index contributed by atoms with van der Waals surface area (Å²) in [4.78, 5) is 45.1. The molecular formula is C32H60N2O10. The summed E-state index contributed by atoms with van der Waals surface area (Å²) in [6, 6.07) is 0. The van der Waals surface area contributed by atoms with E-state index >= 15 is 0 Å². The monoisotopic (exact) mass is 632 g/mol. The summed E-state index contributed by atoms with van der Waals surface area (Å²) in [5.74, 6) is -4.78. The van der Waals surface area contributed by atoms with Gasteiger partial charge in [-0.1, -0.05) is 96.8 Å². The maximum absolute atomic E-state index is 11.9. The normalized spacial score (nSPS) is 11.1. The summed E-state index contributed by atoms with van der Waals surface area (Å²) in [6.07, 6.45) is 20.1. The van der Waals surface area contributed by atoms with Crippen LogP contribution in [0.5, 0.6) is 0 Å². The first-order chi connectivity index (χ1) is 21.4. The maximum Gasteiger partial charge on any atom is 0.320 e. The fraction of sp³-hybridized carbons (Fsp3) is 0.875. The number of carboxylic acids is 2. The minimum absolute atomic E-state index is 0.0390. The van der Waals surface area contributed by atoms with Gasteiger partial charge in [0.25, 0.3) is 0 Å². The van der Waals surface area contributed by atoms with Crippen LogP contribution in [0, 0.1) is 5.92 Å². The molecule has 0 aromatic carbocycles. The smallest absolute Gasteiger partial charge is 0.320 e. The van der Waals surface area contributed by atoms with Gasteiger partial charge in [-0.25, -0.2) is 0 Å². The number of carbonyl (C=O) groups excluding carboxylic acids is 2. The fourth-order valence-electron chi connectivity index (χ4n) is 4.38. The Hall–Kier alpha value is -2.28. The highest BCUT2D eigenvalue weighted by Crippen LogP contribution is 2.13. The molecule has 0 spiro atoms. The van der Waals surface area contributed by atoms with Crippen LogP contribution >= 0.6 is 0 Å². The lowest BCUT2D eigenvalue weighted by Gasteiger charge is -2.10. The number of carboxylic acid groups (broad SMARTS) is 2. The Morgan fingerprint density at radius 2 is 0.932 bits per heavy atom. The van der Waals surface area contributed by atoms with Crippen LogP contribution in [0.3, 0.4) is 0 Å². The lowest BCUT2D eigenvalue weighted by molar-refractivity contribution is -0.157. The van der Waals surface area contributed by atoms with Crippen molar-refractivity contribution in [1.82, 2.24) is 10.6 Å². The molecule has 0 aromatic heterocycles. The number of carbonyl (C=O) groups is 4. The molecule has 4 N–H and O–H groups in total. The zero-order valence-electron chi connectivity index (χ0n) is 27.1. The molecule has 12 heteroatoms. The topological polar surface area (TPSA) is 170 Å². The first-order valence-electron chi connectivity index (χ1n) is 16.7. The van der Waals surface area contributed by atoms with Crippen molar-refractivity contribution in [2.45, 2.75) is 110 Å². The van der Waals surface area contributed by atoms with Gasteiger partial charge in [0.15, 0.2) is 5.92 Å². The Morgan fingerprint density at radius 1 is 0.523 bits per heavy atom. The zero-order valence-corrected chi connectivity index (χ0v) is 27.1. The van der Waals surface area contributed by atoms with E-state index in [9.17, 15) is 19.2 Å². The Balaban J connectivity index is 3.34. The van der Waals surface area contributed by atoms with E-state index in [1.165, 1.54) is 83.5 Å². The Bertz CT molecular complexity index is 709. The number of unbranched alkanes of at least 4 members (excludes halogenated alkanes) is 14. The number of hydrogen-bond donors (Lipinski definition) is 4. The summed E-state index contributed by atoms with van der Waals surface area (Å²) in [6.45, 7) is 3.74.